The molecule has 1 aromatic carbocycles. The fourth-order valence-corrected chi connectivity index (χ4v) is 8.30. The summed E-state index contributed by atoms with van der Waals surface area (Å²) in [6, 6.07) is 5.80. The summed E-state index contributed by atoms with van der Waals surface area (Å²) in [7, 11) is -4.23. The van der Waals surface area contributed by atoms with Crippen LogP contribution < -0.4 is 4.72 Å². The van der Waals surface area contributed by atoms with Crippen molar-refractivity contribution < 1.29 is 34.8 Å². The van der Waals surface area contributed by atoms with Gasteiger partial charge in [0.2, 0.25) is 0 Å². The van der Waals surface area contributed by atoms with Crippen molar-refractivity contribution in [3.63, 3.8) is 0 Å². The number of nitrogens with one attached hydrogen (secondary N) is 1. The molecule has 0 amide bonds. The van der Waals surface area contributed by atoms with Crippen LogP contribution in [0.25, 0.3) is 0 Å². The highest BCUT2D eigenvalue weighted by molar-refractivity contribution is 7.87. The lowest BCUT2D eigenvalue weighted by atomic mass is 9.79. The van der Waals surface area contributed by atoms with Crippen LogP contribution in [0.3, 0.4) is 0 Å². The number of likely N-dealkylation sites (tertiary alicyclic amines) is 1. The maximum Gasteiger partial charge on any atom is 0.402 e. The van der Waals surface area contributed by atoms with Crippen molar-refractivity contribution in [1.82, 2.24) is 13.9 Å². The molecule has 0 aromatic heterocycles. The fourth-order valence-electron chi connectivity index (χ4n) is 6.59. The molecule has 1 saturated carbocycles. The molecular formula is C25H29F6N3O2S. The normalized spacial score (nSPS) is 30.6. The van der Waals surface area contributed by atoms with Crippen molar-refractivity contribution in [2.45, 2.75) is 56.4 Å². The van der Waals surface area contributed by atoms with Gasteiger partial charge in [-0.15, -0.1) is 0 Å². The summed E-state index contributed by atoms with van der Waals surface area (Å²) in [5, 5.41) is 0. The quantitative estimate of drug-likeness (QED) is 0.450. The second-order valence-corrected chi connectivity index (χ2v) is 12.5. The zero-order valence-corrected chi connectivity index (χ0v) is 20.9. The molecule has 2 heterocycles. The maximum absolute atomic E-state index is 13.0. The van der Waals surface area contributed by atoms with Gasteiger partial charge in [-0.3, -0.25) is 4.90 Å². The van der Waals surface area contributed by atoms with Gasteiger partial charge >= 0.3 is 12.4 Å². The lowest BCUT2D eigenvalue weighted by Gasteiger charge is -2.33. The Kier molecular flexibility index (Phi) is 6.83. The molecule has 2 aliphatic carbocycles. The summed E-state index contributed by atoms with van der Waals surface area (Å²) in [5.74, 6) is 4.69. The van der Waals surface area contributed by atoms with E-state index in [9.17, 15) is 34.8 Å². The van der Waals surface area contributed by atoms with Gasteiger partial charge in [-0.25, -0.2) is 0 Å². The Labute approximate surface area is 212 Å². The van der Waals surface area contributed by atoms with Crippen LogP contribution in [-0.2, 0) is 23.1 Å². The van der Waals surface area contributed by atoms with Crippen LogP contribution in [0.5, 0.6) is 0 Å². The third-order valence-electron chi connectivity index (χ3n) is 8.50. The number of fused-ring (bicyclic) bond motifs is 1. The number of halogens is 6. The summed E-state index contributed by atoms with van der Waals surface area (Å²) >= 11 is 0. The monoisotopic (exact) mass is 549 g/mol. The number of rotatable bonds is 2. The summed E-state index contributed by atoms with van der Waals surface area (Å²) in [5.41, 5.74) is 1.93. The number of hydrogen-bond acceptors (Lipinski definition) is 3. The van der Waals surface area contributed by atoms with Crippen molar-refractivity contribution in [1.29, 1.82) is 0 Å². The average Bonchev–Trinajstić information content (AvgIpc) is 3.17. The van der Waals surface area contributed by atoms with Crippen LogP contribution in [0.4, 0.5) is 26.3 Å². The Morgan fingerprint density at radius 3 is 2.24 bits per heavy atom. The highest BCUT2D eigenvalue weighted by Crippen LogP contribution is 2.50. The Hall–Kier alpha value is -1.81. The molecule has 0 radical (unpaired) electrons. The van der Waals surface area contributed by atoms with Gasteiger partial charge < -0.3 is 0 Å². The molecule has 3 atom stereocenters. The van der Waals surface area contributed by atoms with E-state index in [1.807, 2.05) is 23.1 Å². The third kappa shape index (κ3) is 5.51. The molecule has 5 rings (SSSR count). The van der Waals surface area contributed by atoms with E-state index in [4.69, 9.17) is 0 Å². The van der Waals surface area contributed by atoms with Crippen molar-refractivity contribution in [2.24, 2.45) is 17.8 Å². The first-order chi connectivity index (χ1) is 17.3. The van der Waals surface area contributed by atoms with E-state index in [1.54, 1.807) is 0 Å². The number of piperidine rings is 1. The van der Waals surface area contributed by atoms with Crippen molar-refractivity contribution in [2.75, 3.05) is 32.7 Å². The van der Waals surface area contributed by atoms with Crippen molar-refractivity contribution in [3.8, 4) is 11.8 Å². The van der Waals surface area contributed by atoms with E-state index < -0.39 is 40.6 Å². The number of nitrogens with zero attached hydrogens (tertiary/aromatic N) is 2. The molecule has 12 heteroatoms. The lowest BCUT2D eigenvalue weighted by molar-refractivity contribution is -0.184. The van der Waals surface area contributed by atoms with Crippen LogP contribution in [0.2, 0.25) is 0 Å². The molecule has 37 heavy (non-hydrogen) atoms. The molecule has 4 aliphatic rings. The molecule has 204 valence electrons. The molecule has 2 saturated heterocycles. The average molecular weight is 550 g/mol. The largest absolute Gasteiger partial charge is 0.402 e. The fraction of sp³-hybridized carbons (Fsp3) is 0.680. The van der Waals surface area contributed by atoms with E-state index in [0.29, 0.717) is 36.8 Å². The van der Waals surface area contributed by atoms with Crippen LogP contribution in [0, 0.1) is 29.6 Å². The molecule has 1 N–H and O–H groups in total. The van der Waals surface area contributed by atoms with E-state index in [2.05, 4.69) is 16.6 Å². The minimum Gasteiger partial charge on any atom is -0.292 e. The predicted molar refractivity (Wildman–Crippen MR) is 125 cm³/mol. The third-order valence-corrected chi connectivity index (χ3v) is 10.1. The van der Waals surface area contributed by atoms with Gasteiger partial charge in [-0.2, -0.15) is 43.8 Å². The number of alkyl halides is 6. The molecule has 5 nitrogen and oxygen atoms in total. The summed E-state index contributed by atoms with van der Waals surface area (Å²) in [6.45, 7) is -0.586. The minimum atomic E-state index is -4.62. The molecule has 1 spiro atoms. The Balaban J connectivity index is 1.27. The van der Waals surface area contributed by atoms with E-state index in [-0.39, 0.29) is 31.2 Å². The minimum absolute atomic E-state index is 0.0818. The van der Waals surface area contributed by atoms with Crippen LogP contribution in [0.15, 0.2) is 18.2 Å². The van der Waals surface area contributed by atoms with Gasteiger partial charge in [-0.1, -0.05) is 17.9 Å². The first-order valence-corrected chi connectivity index (χ1v) is 13.9. The molecule has 3 fully saturated rings. The van der Waals surface area contributed by atoms with Crippen LogP contribution in [-0.4, -0.2) is 68.2 Å². The van der Waals surface area contributed by atoms with Gasteiger partial charge in [0, 0.05) is 12.1 Å². The van der Waals surface area contributed by atoms with Gasteiger partial charge in [0.05, 0.1) is 18.0 Å². The number of benzene rings is 1. The van der Waals surface area contributed by atoms with Gasteiger partial charge in [0.25, 0.3) is 10.2 Å². The molecule has 1 aromatic rings. The predicted octanol–water partition coefficient (Wildman–Crippen LogP) is 3.89. The molecule has 0 unspecified atom stereocenters. The molecule has 2 aliphatic heterocycles. The standard InChI is InChI=1S/C25H29F6N3O2S/c26-24(27,28)16-34-15-23(32-37(34,35)36)21-5-6-22(23)14-19-12-17(3-4-18(19)13-21)2-1-9-33-10-7-20(8-11-33)25(29,30)31/h3-4,12,20-22,32H,5-11,13-16H2/t21-,22+,23+/m0/s1. The Bertz CT molecular complexity index is 1200. The molecular weight excluding hydrogens is 520 g/mol. The molecule has 2 bridgehead atoms. The van der Waals surface area contributed by atoms with E-state index >= 15 is 0 Å². The SMILES string of the molecule is O=S1(=O)N[C@@]2(CN1CC(F)(F)F)[C@@H]1CC[C@H]2Cc2ccc(C#CCN3CCC(C(F)(F)F)CC3)cc2C1. The van der Waals surface area contributed by atoms with Gasteiger partial charge in [-0.05, 0) is 86.7 Å². The van der Waals surface area contributed by atoms with Gasteiger partial charge in [0.15, 0.2) is 0 Å². The first-order valence-electron chi connectivity index (χ1n) is 12.5. The zero-order valence-electron chi connectivity index (χ0n) is 20.1. The van der Waals surface area contributed by atoms with E-state index in [0.717, 1.165) is 29.5 Å². The van der Waals surface area contributed by atoms with Gasteiger partial charge in [0.1, 0.15) is 6.54 Å². The first kappa shape index (κ1) is 26.8. The second kappa shape index (κ2) is 9.43. The number of hydrogen-bond donors (Lipinski definition) is 1. The van der Waals surface area contributed by atoms with Crippen LogP contribution >= 0.6 is 0 Å². The Morgan fingerprint density at radius 1 is 0.973 bits per heavy atom. The topological polar surface area (TPSA) is 52.7 Å². The summed E-state index contributed by atoms with van der Waals surface area (Å²) in [4.78, 5) is 1.92. The highest BCUT2D eigenvalue weighted by atomic mass is 32.2. The van der Waals surface area contributed by atoms with Crippen LogP contribution in [0.1, 0.15) is 42.4 Å². The highest BCUT2D eigenvalue weighted by Gasteiger charge is 2.60. The van der Waals surface area contributed by atoms with Crippen molar-refractivity contribution >= 4 is 10.2 Å². The smallest absolute Gasteiger partial charge is 0.292 e. The lowest BCUT2D eigenvalue weighted by Crippen LogP contribution is -2.52. The van der Waals surface area contributed by atoms with E-state index in [1.165, 1.54) is 0 Å². The summed E-state index contributed by atoms with van der Waals surface area (Å²) in [6.07, 6.45) is -5.99. The van der Waals surface area contributed by atoms with Crippen molar-refractivity contribution in [3.05, 3.63) is 34.9 Å². The maximum atomic E-state index is 13.0. The summed E-state index contributed by atoms with van der Waals surface area (Å²) < 4.78 is 106. The Morgan fingerprint density at radius 2 is 1.62 bits per heavy atom. The second-order valence-electron chi connectivity index (χ2n) is 10.8. The zero-order chi connectivity index (χ0) is 26.6.